The van der Waals surface area contributed by atoms with Crippen molar-refractivity contribution in [2.24, 2.45) is 5.73 Å². The molecule has 0 aromatic heterocycles. The molecule has 0 amide bonds. The smallest absolute Gasteiger partial charge is 0.00898 e. The standard InChI is InChI=1S/C10H24N2/c1-4-10(5-2)12(6-3)9-7-8-11/h10H,4-9,11H2,1-3H3. The average molecular weight is 172 g/mol. The normalized spacial score (nSPS) is 11.5. The maximum atomic E-state index is 5.49. The van der Waals surface area contributed by atoms with E-state index < -0.39 is 0 Å². The number of nitrogens with two attached hydrogens (primary N) is 1. The molecule has 0 unspecified atom stereocenters. The molecule has 0 aliphatic rings. The molecular weight excluding hydrogens is 148 g/mol. The molecule has 0 fully saturated rings. The van der Waals surface area contributed by atoms with Gasteiger partial charge < -0.3 is 10.6 Å². The van der Waals surface area contributed by atoms with E-state index in [0.29, 0.717) is 0 Å². The van der Waals surface area contributed by atoms with Gasteiger partial charge in [0.2, 0.25) is 0 Å². The predicted molar refractivity (Wildman–Crippen MR) is 55.3 cm³/mol. The molecule has 0 aliphatic heterocycles. The summed E-state index contributed by atoms with van der Waals surface area (Å²) in [6, 6.07) is 0.765. The Morgan fingerprint density at radius 3 is 2.08 bits per heavy atom. The van der Waals surface area contributed by atoms with Crippen LogP contribution in [0.25, 0.3) is 0 Å². The van der Waals surface area contributed by atoms with Crippen LogP contribution in [0, 0.1) is 0 Å². The van der Waals surface area contributed by atoms with Crippen LogP contribution in [0.3, 0.4) is 0 Å². The molecule has 0 spiro atoms. The number of rotatable bonds is 7. The van der Waals surface area contributed by atoms with Gasteiger partial charge in [0.15, 0.2) is 0 Å². The maximum Gasteiger partial charge on any atom is 0.00898 e. The Morgan fingerprint density at radius 2 is 1.75 bits per heavy atom. The summed E-state index contributed by atoms with van der Waals surface area (Å²) in [5, 5.41) is 0. The van der Waals surface area contributed by atoms with E-state index in [1.54, 1.807) is 0 Å². The summed E-state index contributed by atoms with van der Waals surface area (Å²) in [6.07, 6.45) is 3.65. The van der Waals surface area contributed by atoms with Crippen molar-refractivity contribution in [1.29, 1.82) is 0 Å². The average Bonchev–Trinajstić information content (AvgIpc) is 2.12. The minimum atomic E-state index is 0.765. The van der Waals surface area contributed by atoms with E-state index in [-0.39, 0.29) is 0 Å². The summed E-state index contributed by atoms with van der Waals surface area (Å²) in [5.74, 6) is 0. The molecule has 2 heteroatoms. The van der Waals surface area contributed by atoms with Gasteiger partial charge in [0, 0.05) is 6.04 Å². The van der Waals surface area contributed by atoms with Crippen molar-refractivity contribution in [3.8, 4) is 0 Å². The van der Waals surface area contributed by atoms with Gasteiger partial charge in [-0.25, -0.2) is 0 Å². The zero-order chi connectivity index (χ0) is 9.40. The summed E-state index contributed by atoms with van der Waals surface area (Å²) >= 11 is 0. The van der Waals surface area contributed by atoms with Gasteiger partial charge in [-0.05, 0) is 38.9 Å². The summed E-state index contributed by atoms with van der Waals surface area (Å²) in [4.78, 5) is 2.53. The van der Waals surface area contributed by atoms with Crippen molar-refractivity contribution < 1.29 is 0 Å². The van der Waals surface area contributed by atoms with Crippen LogP contribution in [0.5, 0.6) is 0 Å². The van der Waals surface area contributed by atoms with Crippen molar-refractivity contribution >= 4 is 0 Å². The third-order valence-electron chi connectivity index (χ3n) is 2.51. The van der Waals surface area contributed by atoms with E-state index >= 15 is 0 Å². The summed E-state index contributed by atoms with van der Waals surface area (Å²) in [6.45, 7) is 9.90. The molecule has 2 nitrogen and oxygen atoms in total. The van der Waals surface area contributed by atoms with Crippen molar-refractivity contribution in [3.63, 3.8) is 0 Å². The van der Waals surface area contributed by atoms with Crippen LogP contribution in [0.1, 0.15) is 40.0 Å². The fraction of sp³-hybridized carbons (Fsp3) is 1.00. The van der Waals surface area contributed by atoms with Gasteiger partial charge in [-0.15, -0.1) is 0 Å². The first-order chi connectivity index (χ1) is 5.79. The quantitative estimate of drug-likeness (QED) is 0.635. The fourth-order valence-electron chi connectivity index (χ4n) is 1.70. The lowest BCUT2D eigenvalue weighted by Crippen LogP contribution is -2.35. The number of hydrogen-bond acceptors (Lipinski definition) is 2. The van der Waals surface area contributed by atoms with E-state index in [0.717, 1.165) is 25.6 Å². The molecule has 0 radical (unpaired) electrons. The van der Waals surface area contributed by atoms with Crippen molar-refractivity contribution in [2.45, 2.75) is 46.1 Å². The third-order valence-corrected chi connectivity index (χ3v) is 2.51. The first-order valence-electron chi connectivity index (χ1n) is 5.24. The highest BCUT2D eigenvalue weighted by Gasteiger charge is 2.11. The Bertz CT molecular complexity index is 89.8. The molecule has 74 valence electrons. The van der Waals surface area contributed by atoms with E-state index in [4.69, 9.17) is 5.73 Å². The molecule has 0 heterocycles. The lowest BCUT2D eigenvalue weighted by molar-refractivity contribution is 0.194. The second-order valence-electron chi connectivity index (χ2n) is 3.24. The lowest BCUT2D eigenvalue weighted by Gasteiger charge is -2.28. The SMILES string of the molecule is CCC(CC)N(CC)CCCN. The molecule has 12 heavy (non-hydrogen) atoms. The minimum absolute atomic E-state index is 0.765. The van der Waals surface area contributed by atoms with Gasteiger partial charge in [0.25, 0.3) is 0 Å². The molecule has 0 aromatic rings. The zero-order valence-corrected chi connectivity index (χ0v) is 8.84. The van der Waals surface area contributed by atoms with Crippen LogP contribution in [-0.4, -0.2) is 30.6 Å². The van der Waals surface area contributed by atoms with E-state index in [1.165, 1.54) is 19.4 Å². The van der Waals surface area contributed by atoms with E-state index in [2.05, 4.69) is 25.7 Å². The second-order valence-corrected chi connectivity index (χ2v) is 3.24. The Balaban J connectivity index is 3.75. The summed E-state index contributed by atoms with van der Waals surface area (Å²) in [5.41, 5.74) is 5.49. The molecule has 0 bridgehead atoms. The Kier molecular flexibility index (Phi) is 7.51. The van der Waals surface area contributed by atoms with Crippen molar-refractivity contribution in [2.75, 3.05) is 19.6 Å². The Hall–Kier alpha value is -0.0800. The van der Waals surface area contributed by atoms with Gasteiger partial charge in [-0.1, -0.05) is 20.8 Å². The highest BCUT2D eigenvalue weighted by atomic mass is 15.1. The first-order valence-corrected chi connectivity index (χ1v) is 5.24. The summed E-state index contributed by atoms with van der Waals surface area (Å²) < 4.78 is 0. The fourth-order valence-corrected chi connectivity index (χ4v) is 1.70. The molecule has 0 rings (SSSR count). The lowest BCUT2D eigenvalue weighted by atomic mass is 10.1. The largest absolute Gasteiger partial charge is 0.330 e. The van der Waals surface area contributed by atoms with E-state index in [1.807, 2.05) is 0 Å². The number of hydrogen-bond donors (Lipinski definition) is 1. The molecule has 0 atom stereocenters. The highest BCUT2D eigenvalue weighted by molar-refractivity contribution is 4.67. The van der Waals surface area contributed by atoms with E-state index in [9.17, 15) is 0 Å². The van der Waals surface area contributed by atoms with Crippen LogP contribution in [0.2, 0.25) is 0 Å². The van der Waals surface area contributed by atoms with Gasteiger partial charge >= 0.3 is 0 Å². The zero-order valence-electron chi connectivity index (χ0n) is 8.84. The summed E-state index contributed by atoms with van der Waals surface area (Å²) in [7, 11) is 0. The van der Waals surface area contributed by atoms with Crippen LogP contribution in [0.4, 0.5) is 0 Å². The maximum absolute atomic E-state index is 5.49. The van der Waals surface area contributed by atoms with Crippen LogP contribution in [0.15, 0.2) is 0 Å². The molecular formula is C10H24N2. The molecule has 2 N–H and O–H groups in total. The van der Waals surface area contributed by atoms with Gasteiger partial charge in [0.05, 0.1) is 0 Å². The minimum Gasteiger partial charge on any atom is -0.330 e. The van der Waals surface area contributed by atoms with Crippen LogP contribution >= 0.6 is 0 Å². The third kappa shape index (κ3) is 4.07. The Labute approximate surface area is 77.1 Å². The Morgan fingerprint density at radius 1 is 1.17 bits per heavy atom. The number of nitrogens with zero attached hydrogens (tertiary/aromatic N) is 1. The molecule has 0 saturated heterocycles. The van der Waals surface area contributed by atoms with Crippen molar-refractivity contribution in [1.82, 2.24) is 4.90 Å². The molecule has 0 saturated carbocycles. The monoisotopic (exact) mass is 172 g/mol. The first kappa shape index (κ1) is 11.9. The van der Waals surface area contributed by atoms with Gasteiger partial charge in [-0.2, -0.15) is 0 Å². The predicted octanol–water partition coefficient (Wildman–Crippen LogP) is 1.85. The second kappa shape index (κ2) is 7.56. The van der Waals surface area contributed by atoms with Crippen molar-refractivity contribution in [3.05, 3.63) is 0 Å². The van der Waals surface area contributed by atoms with Crippen LogP contribution in [-0.2, 0) is 0 Å². The van der Waals surface area contributed by atoms with Crippen LogP contribution < -0.4 is 5.73 Å². The molecule has 0 aromatic carbocycles. The highest BCUT2D eigenvalue weighted by Crippen LogP contribution is 2.07. The molecule has 0 aliphatic carbocycles. The van der Waals surface area contributed by atoms with Gasteiger partial charge in [-0.3, -0.25) is 0 Å². The van der Waals surface area contributed by atoms with Gasteiger partial charge in [0.1, 0.15) is 0 Å². The topological polar surface area (TPSA) is 29.3 Å².